The van der Waals surface area contributed by atoms with Crippen LogP contribution in [0.15, 0.2) is 29.1 Å². The first-order chi connectivity index (χ1) is 13.1. The fraction of sp³-hybridized carbons (Fsp3) is 0.571. The molecule has 1 N–H and O–H groups in total. The summed E-state index contributed by atoms with van der Waals surface area (Å²) in [4.78, 5) is 31.6. The number of aryl methyl sites for hydroxylation is 1. The molecule has 1 aliphatic heterocycles. The Morgan fingerprint density at radius 1 is 1.30 bits per heavy atom. The fourth-order valence-electron chi connectivity index (χ4n) is 3.80. The zero-order chi connectivity index (χ0) is 19.2. The Hall–Kier alpha value is -2.21. The van der Waals surface area contributed by atoms with Crippen LogP contribution < -0.4 is 10.9 Å². The van der Waals surface area contributed by atoms with Crippen LogP contribution in [0.1, 0.15) is 44.9 Å². The fourth-order valence-corrected chi connectivity index (χ4v) is 3.80. The van der Waals surface area contributed by atoms with E-state index < -0.39 is 0 Å². The molecule has 2 aromatic rings. The maximum atomic E-state index is 12.4. The molecule has 0 aliphatic carbocycles. The van der Waals surface area contributed by atoms with Crippen molar-refractivity contribution in [2.45, 2.75) is 51.5 Å². The number of para-hydroxylation sites is 1. The Balaban J connectivity index is 1.46. The number of carbonyl (C=O) groups excluding carboxylic acids is 1. The van der Waals surface area contributed by atoms with Crippen molar-refractivity contribution in [2.24, 2.45) is 7.05 Å². The van der Waals surface area contributed by atoms with E-state index in [1.807, 2.05) is 18.2 Å². The van der Waals surface area contributed by atoms with E-state index in [1.165, 1.54) is 25.8 Å². The summed E-state index contributed by atoms with van der Waals surface area (Å²) in [6.07, 6.45) is 5.69. The number of carbonyl (C=O) groups is 1. The third-order valence-electron chi connectivity index (χ3n) is 5.54. The molecule has 3 rings (SSSR count). The molecule has 0 saturated carbocycles. The lowest BCUT2D eigenvalue weighted by atomic mass is 10.0. The van der Waals surface area contributed by atoms with Gasteiger partial charge in [-0.3, -0.25) is 14.2 Å². The highest BCUT2D eigenvalue weighted by Crippen LogP contribution is 2.16. The van der Waals surface area contributed by atoms with Gasteiger partial charge in [0, 0.05) is 39.0 Å². The Morgan fingerprint density at radius 2 is 2.11 bits per heavy atom. The third-order valence-corrected chi connectivity index (χ3v) is 5.54. The summed E-state index contributed by atoms with van der Waals surface area (Å²) in [6, 6.07) is 7.99. The lowest BCUT2D eigenvalue weighted by molar-refractivity contribution is -0.121. The Bertz CT molecular complexity index is 846. The summed E-state index contributed by atoms with van der Waals surface area (Å²) in [5, 5.41) is 3.61. The lowest BCUT2D eigenvalue weighted by Crippen LogP contribution is -2.39. The zero-order valence-electron chi connectivity index (χ0n) is 16.4. The third kappa shape index (κ3) is 4.95. The second-order valence-electron chi connectivity index (χ2n) is 7.49. The first-order valence-electron chi connectivity index (χ1n) is 10.0. The van der Waals surface area contributed by atoms with Crippen LogP contribution in [0, 0.1) is 0 Å². The number of nitrogens with one attached hydrogen (secondary N) is 1. The van der Waals surface area contributed by atoms with Gasteiger partial charge in [0.15, 0.2) is 0 Å². The minimum absolute atomic E-state index is 0.0177. The molecule has 1 atom stereocenters. The average Bonchev–Trinajstić information content (AvgIpc) is 2.68. The highest BCUT2D eigenvalue weighted by Gasteiger charge is 2.17. The van der Waals surface area contributed by atoms with Crippen molar-refractivity contribution in [3.63, 3.8) is 0 Å². The van der Waals surface area contributed by atoms with Crippen LogP contribution in [0.5, 0.6) is 0 Å². The zero-order valence-corrected chi connectivity index (χ0v) is 16.4. The number of nitrogens with zero attached hydrogens (tertiary/aromatic N) is 3. The molecule has 6 nitrogen and oxygen atoms in total. The molecule has 27 heavy (non-hydrogen) atoms. The normalized spacial score (nSPS) is 17.9. The van der Waals surface area contributed by atoms with Crippen molar-refractivity contribution in [3.8, 4) is 0 Å². The van der Waals surface area contributed by atoms with Gasteiger partial charge in [0.05, 0.1) is 10.9 Å². The second kappa shape index (κ2) is 9.13. The summed E-state index contributed by atoms with van der Waals surface area (Å²) in [5.41, 5.74) is 0.623. The van der Waals surface area contributed by atoms with Crippen LogP contribution in [0.4, 0.5) is 0 Å². The molecule has 0 radical (unpaired) electrons. The van der Waals surface area contributed by atoms with E-state index in [0.717, 1.165) is 13.0 Å². The van der Waals surface area contributed by atoms with Crippen molar-refractivity contribution in [3.05, 3.63) is 40.4 Å². The molecular weight excluding hydrogens is 340 g/mol. The monoisotopic (exact) mass is 370 g/mol. The van der Waals surface area contributed by atoms with Crippen LogP contribution in [-0.4, -0.2) is 46.0 Å². The Kier molecular flexibility index (Phi) is 6.61. The van der Waals surface area contributed by atoms with Crippen molar-refractivity contribution >= 4 is 16.8 Å². The molecule has 0 unspecified atom stereocenters. The number of amides is 1. The highest BCUT2D eigenvalue weighted by molar-refractivity contribution is 5.78. The van der Waals surface area contributed by atoms with Crippen molar-refractivity contribution in [2.75, 3.05) is 19.6 Å². The molecule has 1 fully saturated rings. The number of hydrogen-bond donors (Lipinski definition) is 1. The van der Waals surface area contributed by atoms with Gasteiger partial charge in [0.1, 0.15) is 5.82 Å². The minimum Gasteiger partial charge on any atom is -0.356 e. The van der Waals surface area contributed by atoms with E-state index in [9.17, 15) is 9.59 Å². The standard InChI is InChI=1S/C21H30N4O2/c1-16-8-5-6-14-25(16)15-7-13-22-20(26)12-11-19-23-18-10-4-3-9-17(18)21(27)24(19)2/h3-4,9-10,16H,5-8,11-15H2,1-2H3,(H,22,26)/t16-/m1/s1. The van der Waals surface area contributed by atoms with E-state index >= 15 is 0 Å². The van der Waals surface area contributed by atoms with Gasteiger partial charge in [0.2, 0.25) is 5.91 Å². The van der Waals surface area contributed by atoms with Crippen LogP contribution in [0.2, 0.25) is 0 Å². The topological polar surface area (TPSA) is 67.2 Å². The van der Waals surface area contributed by atoms with Gasteiger partial charge < -0.3 is 10.2 Å². The largest absolute Gasteiger partial charge is 0.356 e. The van der Waals surface area contributed by atoms with Gasteiger partial charge in [-0.25, -0.2) is 4.98 Å². The SMILES string of the molecule is C[C@@H]1CCCCN1CCCNC(=O)CCc1nc2ccccc2c(=O)n1C. The summed E-state index contributed by atoms with van der Waals surface area (Å²) >= 11 is 0. The van der Waals surface area contributed by atoms with Crippen LogP contribution in [0.3, 0.4) is 0 Å². The lowest BCUT2D eigenvalue weighted by Gasteiger charge is -2.33. The molecule has 2 heterocycles. The van der Waals surface area contributed by atoms with Gasteiger partial charge >= 0.3 is 0 Å². The smallest absolute Gasteiger partial charge is 0.261 e. The summed E-state index contributed by atoms with van der Waals surface area (Å²) in [7, 11) is 1.72. The maximum absolute atomic E-state index is 12.4. The molecule has 6 heteroatoms. The van der Waals surface area contributed by atoms with Crippen LogP contribution in [-0.2, 0) is 18.3 Å². The van der Waals surface area contributed by atoms with Crippen molar-refractivity contribution < 1.29 is 4.79 Å². The van der Waals surface area contributed by atoms with Crippen LogP contribution in [0.25, 0.3) is 10.9 Å². The van der Waals surface area contributed by atoms with E-state index in [2.05, 4.69) is 22.1 Å². The van der Waals surface area contributed by atoms with Gasteiger partial charge in [-0.15, -0.1) is 0 Å². The molecule has 1 amide bonds. The number of aromatic nitrogens is 2. The minimum atomic E-state index is -0.0633. The predicted octanol–water partition coefficient (Wildman–Crippen LogP) is 2.25. The van der Waals surface area contributed by atoms with Gasteiger partial charge in [0.25, 0.3) is 5.56 Å². The molecular formula is C21H30N4O2. The number of piperidine rings is 1. The molecule has 0 bridgehead atoms. The maximum Gasteiger partial charge on any atom is 0.261 e. The first kappa shape index (κ1) is 19.5. The predicted molar refractivity (Wildman–Crippen MR) is 108 cm³/mol. The van der Waals surface area contributed by atoms with E-state index in [-0.39, 0.29) is 11.5 Å². The van der Waals surface area contributed by atoms with Crippen LogP contribution >= 0.6 is 0 Å². The quantitative estimate of drug-likeness (QED) is 0.759. The van der Waals surface area contributed by atoms with E-state index in [0.29, 0.717) is 42.2 Å². The molecule has 1 saturated heterocycles. The molecule has 1 aromatic carbocycles. The number of rotatable bonds is 7. The molecule has 1 aromatic heterocycles. The summed E-state index contributed by atoms with van der Waals surface area (Å²) in [6.45, 7) is 5.21. The molecule has 0 spiro atoms. The van der Waals surface area contributed by atoms with E-state index in [4.69, 9.17) is 0 Å². The highest BCUT2D eigenvalue weighted by atomic mass is 16.1. The van der Waals surface area contributed by atoms with E-state index in [1.54, 1.807) is 17.7 Å². The Labute approximate surface area is 160 Å². The Morgan fingerprint density at radius 3 is 2.93 bits per heavy atom. The van der Waals surface area contributed by atoms with Gasteiger partial charge in [-0.1, -0.05) is 18.6 Å². The second-order valence-corrected chi connectivity index (χ2v) is 7.49. The number of fused-ring (bicyclic) bond motifs is 1. The number of hydrogen-bond acceptors (Lipinski definition) is 4. The molecule has 1 aliphatic rings. The van der Waals surface area contributed by atoms with Crippen molar-refractivity contribution in [1.82, 2.24) is 19.8 Å². The van der Waals surface area contributed by atoms with Gasteiger partial charge in [-0.2, -0.15) is 0 Å². The van der Waals surface area contributed by atoms with Crippen molar-refractivity contribution in [1.29, 1.82) is 0 Å². The average molecular weight is 370 g/mol. The summed E-state index contributed by atoms with van der Waals surface area (Å²) in [5.74, 6) is 0.667. The van der Waals surface area contributed by atoms with Gasteiger partial charge in [-0.05, 0) is 44.9 Å². The number of likely N-dealkylation sites (tertiary alicyclic amines) is 1. The molecule has 146 valence electrons. The number of benzene rings is 1. The summed E-state index contributed by atoms with van der Waals surface area (Å²) < 4.78 is 1.55. The first-order valence-corrected chi connectivity index (χ1v) is 10.0.